The molecule has 0 spiro atoms. The molecule has 0 radical (unpaired) electrons. The molecule has 1 N–H and O–H groups in total. The Morgan fingerprint density at radius 1 is 1.37 bits per heavy atom. The Kier molecular flexibility index (Phi) is 7.66. The molecular formula is C22H31N3O4S. The molecule has 0 saturated carbocycles. The molecule has 1 aromatic heterocycles. The SMILES string of the molecule is COc1ccc(OC)c(C(C)NC(=O)CSc2nc(C)c(C)n2CC2CCCO2)c1. The molecule has 1 aliphatic heterocycles. The average Bonchev–Trinajstić information content (AvgIpc) is 3.35. The van der Waals surface area contributed by atoms with E-state index < -0.39 is 0 Å². The maximum atomic E-state index is 12.6. The summed E-state index contributed by atoms with van der Waals surface area (Å²) < 4.78 is 18.7. The summed E-state index contributed by atoms with van der Waals surface area (Å²) in [4.78, 5) is 17.3. The maximum absolute atomic E-state index is 12.6. The van der Waals surface area contributed by atoms with Crippen LogP contribution in [0.4, 0.5) is 0 Å². The average molecular weight is 434 g/mol. The summed E-state index contributed by atoms with van der Waals surface area (Å²) in [6.45, 7) is 7.62. The fourth-order valence-corrected chi connectivity index (χ4v) is 4.52. The van der Waals surface area contributed by atoms with Crippen LogP contribution in [0.5, 0.6) is 11.5 Å². The van der Waals surface area contributed by atoms with Crippen molar-refractivity contribution in [1.82, 2.24) is 14.9 Å². The van der Waals surface area contributed by atoms with Crippen molar-refractivity contribution in [2.45, 2.75) is 57.5 Å². The molecule has 164 valence electrons. The minimum absolute atomic E-state index is 0.0562. The zero-order valence-electron chi connectivity index (χ0n) is 18.4. The second-order valence-corrected chi connectivity index (χ2v) is 8.44. The van der Waals surface area contributed by atoms with Crippen LogP contribution < -0.4 is 14.8 Å². The summed E-state index contributed by atoms with van der Waals surface area (Å²) in [5.74, 6) is 1.68. The van der Waals surface area contributed by atoms with Crippen molar-refractivity contribution in [2.75, 3.05) is 26.6 Å². The van der Waals surface area contributed by atoms with Gasteiger partial charge in [-0.15, -0.1) is 0 Å². The molecule has 1 saturated heterocycles. The summed E-state index contributed by atoms with van der Waals surface area (Å²) >= 11 is 1.46. The van der Waals surface area contributed by atoms with Gasteiger partial charge in [-0.05, 0) is 51.8 Å². The Balaban J connectivity index is 1.63. The van der Waals surface area contributed by atoms with Gasteiger partial charge in [0, 0.05) is 17.9 Å². The molecule has 0 aliphatic carbocycles. The highest BCUT2D eigenvalue weighted by molar-refractivity contribution is 7.99. The lowest BCUT2D eigenvalue weighted by Gasteiger charge is -2.18. The van der Waals surface area contributed by atoms with Gasteiger partial charge < -0.3 is 24.1 Å². The number of rotatable bonds is 9. The normalized spacial score (nSPS) is 17.0. The molecule has 1 aromatic carbocycles. The maximum Gasteiger partial charge on any atom is 0.230 e. The number of hydrogen-bond acceptors (Lipinski definition) is 6. The van der Waals surface area contributed by atoms with E-state index in [1.165, 1.54) is 11.8 Å². The van der Waals surface area contributed by atoms with Crippen molar-refractivity contribution in [3.63, 3.8) is 0 Å². The van der Waals surface area contributed by atoms with Crippen LogP contribution in [0.1, 0.15) is 42.8 Å². The monoisotopic (exact) mass is 433 g/mol. The van der Waals surface area contributed by atoms with E-state index in [1.54, 1.807) is 14.2 Å². The molecule has 2 aromatic rings. The summed E-state index contributed by atoms with van der Waals surface area (Å²) in [5, 5.41) is 3.91. The van der Waals surface area contributed by atoms with Crippen molar-refractivity contribution < 1.29 is 19.0 Å². The standard InChI is InChI=1S/C22H31N3O4S/c1-14-16(3)25(12-18-7-6-10-29-18)22(24-14)30-13-21(26)23-15(2)19-11-17(27-4)8-9-20(19)28-5/h8-9,11,15,18H,6-7,10,12-13H2,1-5H3,(H,23,26). The molecule has 1 aliphatic rings. The van der Waals surface area contributed by atoms with Crippen LogP contribution in [0.2, 0.25) is 0 Å². The second-order valence-electron chi connectivity index (χ2n) is 7.50. The van der Waals surface area contributed by atoms with Crippen LogP contribution in [-0.2, 0) is 16.1 Å². The first-order chi connectivity index (χ1) is 14.4. The number of imidazole rings is 1. The van der Waals surface area contributed by atoms with Gasteiger partial charge in [-0.3, -0.25) is 4.79 Å². The van der Waals surface area contributed by atoms with E-state index in [4.69, 9.17) is 14.2 Å². The first-order valence-corrected chi connectivity index (χ1v) is 11.2. The van der Waals surface area contributed by atoms with Crippen LogP contribution >= 0.6 is 11.8 Å². The number of amides is 1. The predicted molar refractivity (Wildman–Crippen MR) is 118 cm³/mol. The molecule has 0 bridgehead atoms. The molecular weight excluding hydrogens is 402 g/mol. The van der Waals surface area contributed by atoms with Crippen molar-refractivity contribution in [1.29, 1.82) is 0 Å². The highest BCUT2D eigenvalue weighted by atomic mass is 32.2. The van der Waals surface area contributed by atoms with E-state index in [-0.39, 0.29) is 23.8 Å². The number of nitrogens with one attached hydrogen (secondary N) is 1. The van der Waals surface area contributed by atoms with Crippen LogP contribution in [0.25, 0.3) is 0 Å². The Morgan fingerprint density at radius 2 is 2.17 bits per heavy atom. The third kappa shape index (κ3) is 5.29. The predicted octanol–water partition coefficient (Wildman–Crippen LogP) is 3.67. The van der Waals surface area contributed by atoms with E-state index in [9.17, 15) is 4.79 Å². The summed E-state index contributed by atoms with van der Waals surface area (Å²) in [7, 11) is 3.24. The van der Waals surface area contributed by atoms with Crippen LogP contribution in [0.15, 0.2) is 23.4 Å². The zero-order chi connectivity index (χ0) is 21.7. The van der Waals surface area contributed by atoms with Gasteiger partial charge in [0.15, 0.2) is 5.16 Å². The fourth-order valence-electron chi connectivity index (χ4n) is 3.61. The van der Waals surface area contributed by atoms with Gasteiger partial charge in [0.2, 0.25) is 5.91 Å². The van der Waals surface area contributed by atoms with Gasteiger partial charge >= 0.3 is 0 Å². The molecule has 1 amide bonds. The van der Waals surface area contributed by atoms with Gasteiger partial charge in [-0.2, -0.15) is 0 Å². The number of aryl methyl sites for hydroxylation is 1. The first kappa shape index (κ1) is 22.5. The number of ether oxygens (including phenoxy) is 3. The topological polar surface area (TPSA) is 74.6 Å². The number of carbonyl (C=O) groups is 1. The largest absolute Gasteiger partial charge is 0.497 e. The number of hydrogen-bond donors (Lipinski definition) is 1. The van der Waals surface area contributed by atoms with Gasteiger partial charge in [-0.25, -0.2) is 4.98 Å². The third-order valence-electron chi connectivity index (χ3n) is 5.45. The van der Waals surface area contributed by atoms with Crippen molar-refractivity contribution in [3.8, 4) is 11.5 Å². The number of aromatic nitrogens is 2. The molecule has 3 rings (SSSR count). The molecule has 8 heteroatoms. The number of carbonyl (C=O) groups excluding carboxylic acids is 1. The summed E-state index contributed by atoms with van der Waals surface area (Å²) in [6, 6.07) is 5.36. The number of nitrogens with zero attached hydrogens (tertiary/aromatic N) is 2. The lowest BCUT2D eigenvalue weighted by atomic mass is 10.1. The molecule has 30 heavy (non-hydrogen) atoms. The molecule has 1 fully saturated rings. The quantitative estimate of drug-likeness (QED) is 0.608. The summed E-state index contributed by atoms with van der Waals surface area (Å²) in [6.07, 6.45) is 2.40. The Bertz CT molecular complexity index is 878. The lowest BCUT2D eigenvalue weighted by molar-refractivity contribution is -0.119. The van der Waals surface area contributed by atoms with Crippen molar-refractivity contribution in [3.05, 3.63) is 35.2 Å². The smallest absolute Gasteiger partial charge is 0.230 e. The van der Waals surface area contributed by atoms with Crippen LogP contribution in [-0.4, -0.2) is 48.1 Å². The Hall–Kier alpha value is -2.19. The summed E-state index contributed by atoms with van der Waals surface area (Å²) in [5.41, 5.74) is 3.00. The van der Waals surface area contributed by atoms with Crippen molar-refractivity contribution >= 4 is 17.7 Å². The van der Waals surface area contributed by atoms with Gasteiger partial charge in [0.05, 0.1) is 44.4 Å². The number of thioether (sulfide) groups is 1. The Labute approximate surface area is 182 Å². The minimum atomic E-state index is -0.210. The molecule has 2 atom stereocenters. The minimum Gasteiger partial charge on any atom is -0.497 e. The van der Waals surface area contributed by atoms with E-state index in [0.717, 1.165) is 59.6 Å². The van der Waals surface area contributed by atoms with E-state index in [0.29, 0.717) is 0 Å². The second kappa shape index (κ2) is 10.2. The number of methoxy groups -OCH3 is 2. The van der Waals surface area contributed by atoms with E-state index in [2.05, 4.69) is 21.8 Å². The van der Waals surface area contributed by atoms with E-state index in [1.807, 2.05) is 32.0 Å². The molecule has 2 unspecified atom stereocenters. The number of benzene rings is 1. The van der Waals surface area contributed by atoms with Gasteiger partial charge in [0.25, 0.3) is 0 Å². The highest BCUT2D eigenvalue weighted by Gasteiger charge is 2.21. The molecule has 2 heterocycles. The van der Waals surface area contributed by atoms with Gasteiger partial charge in [-0.1, -0.05) is 11.8 Å². The Morgan fingerprint density at radius 3 is 2.83 bits per heavy atom. The highest BCUT2D eigenvalue weighted by Crippen LogP contribution is 2.29. The van der Waals surface area contributed by atoms with Gasteiger partial charge in [0.1, 0.15) is 11.5 Å². The van der Waals surface area contributed by atoms with Crippen molar-refractivity contribution in [2.24, 2.45) is 0 Å². The van der Waals surface area contributed by atoms with Crippen LogP contribution in [0.3, 0.4) is 0 Å². The fraction of sp³-hybridized carbons (Fsp3) is 0.545. The van der Waals surface area contributed by atoms with Crippen LogP contribution in [0, 0.1) is 13.8 Å². The molecule has 7 nitrogen and oxygen atoms in total. The first-order valence-electron chi connectivity index (χ1n) is 10.2. The third-order valence-corrected chi connectivity index (χ3v) is 6.42. The lowest BCUT2D eigenvalue weighted by Crippen LogP contribution is -2.28. The van der Waals surface area contributed by atoms with E-state index >= 15 is 0 Å². The zero-order valence-corrected chi connectivity index (χ0v) is 19.2.